The number of benzene rings is 8. The third-order valence-electron chi connectivity index (χ3n) is 8.99. The molecule has 0 spiro atoms. The van der Waals surface area contributed by atoms with Gasteiger partial charge in [0.2, 0.25) is 0 Å². The van der Waals surface area contributed by atoms with Gasteiger partial charge < -0.3 is 4.42 Å². The number of para-hydroxylation sites is 2. The Morgan fingerprint density at radius 3 is 1.81 bits per heavy atom. The van der Waals surface area contributed by atoms with Crippen molar-refractivity contribution in [3.63, 3.8) is 0 Å². The van der Waals surface area contributed by atoms with Crippen molar-refractivity contribution >= 4 is 54.3 Å². The SMILES string of the molecule is Cc1ccccc1-c1ccc2ccc3c(-c4cccc(-c5cccc6c5oc5ccccc56)c4)ccc4ccc1c2c43. The molecule has 1 heterocycles. The van der Waals surface area contributed by atoms with E-state index in [9.17, 15) is 0 Å². The predicted molar refractivity (Wildman–Crippen MR) is 178 cm³/mol. The van der Waals surface area contributed by atoms with E-state index in [0.717, 1.165) is 33.1 Å². The van der Waals surface area contributed by atoms with Crippen LogP contribution in [-0.2, 0) is 0 Å². The lowest BCUT2D eigenvalue weighted by Crippen LogP contribution is -1.90. The summed E-state index contributed by atoms with van der Waals surface area (Å²) < 4.78 is 6.39. The lowest BCUT2D eigenvalue weighted by molar-refractivity contribution is 0.670. The van der Waals surface area contributed by atoms with Crippen LogP contribution in [0.3, 0.4) is 0 Å². The summed E-state index contributed by atoms with van der Waals surface area (Å²) in [6.45, 7) is 2.20. The van der Waals surface area contributed by atoms with E-state index in [1.54, 1.807) is 0 Å². The summed E-state index contributed by atoms with van der Waals surface area (Å²) in [6, 6.07) is 50.6. The molecule has 0 atom stereocenters. The zero-order chi connectivity index (χ0) is 27.8. The van der Waals surface area contributed by atoms with Gasteiger partial charge in [-0.3, -0.25) is 0 Å². The molecule has 1 nitrogen and oxygen atoms in total. The number of furan rings is 1. The Balaban J connectivity index is 1.27. The molecule has 196 valence electrons. The molecule has 9 aromatic rings. The first kappa shape index (κ1) is 23.3. The van der Waals surface area contributed by atoms with E-state index in [1.807, 2.05) is 12.1 Å². The van der Waals surface area contributed by atoms with Crippen LogP contribution in [0.25, 0.3) is 87.6 Å². The Morgan fingerprint density at radius 1 is 0.405 bits per heavy atom. The lowest BCUT2D eigenvalue weighted by Gasteiger charge is -2.17. The van der Waals surface area contributed by atoms with Crippen LogP contribution in [-0.4, -0.2) is 0 Å². The maximum Gasteiger partial charge on any atom is 0.143 e. The van der Waals surface area contributed by atoms with Gasteiger partial charge in [-0.2, -0.15) is 0 Å². The second-order valence-corrected chi connectivity index (χ2v) is 11.3. The van der Waals surface area contributed by atoms with E-state index in [-0.39, 0.29) is 0 Å². The molecule has 0 bridgehead atoms. The molecule has 0 unspecified atom stereocenters. The van der Waals surface area contributed by atoms with E-state index in [2.05, 4.69) is 134 Å². The fraction of sp³-hybridized carbons (Fsp3) is 0.0244. The Bertz CT molecular complexity index is 2480. The van der Waals surface area contributed by atoms with Crippen molar-refractivity contribution in [1.29, 1.82) is 0 Å². The van der Waals surface area contributed by atoms with Gasteiger partial charge >= 0.3 is 0 Å². The zero-order valence-corrected chi connectivity index (χ0v) is 23.2. The summed E-state index contributed by atoms with van der Waals surface area (Å²) in [6.07, 6.45) is 0. The average Bonchev–Trinajstić information content (AvgIpc) is 3.43. The maximum atomic E-state index is 6.39. The van der Waals surface area contributed by atoms with Crippen LogP contribution in [0.1, 0.15) is 5.56 Å². The minimum atomic E-state index is 0.924. The van der Waals surface area contributed by atoms with Gasteiger partial charge in [0.25, 0.3) is 0 Å². The van der Waals surface area contributed by atoms with Gasteiger partial charge in [0.15, 0.2) is 0 Å². The second-order valence-electron chi connectivity index (χ2n) is 11.3. The fourth-order valence-electron chi connectivity index (χ4n) is 6.99. The average molecular weight is 535 g/mol. The van der Waals surface area contributed by atoms with Crippen molar-refractivity contribution in [3.8, 4) is 33.4 Å². The maximum absolute atomic E-state index is 6.39. The summed E-state index contributed by atoms with van der Waals surface area (Å²) >= 11 is 0. The second kappa shape index (κ2) is 8.80. The molecule has 0 aliphatic carbocycles. The highest BCUT2D eigenvalue weighted by atomic mass is 16.3. The number of fused-ring (bicyclic) bond motifs is 3. The van der Waals surface area contributed by atoms with E-state index in [0.29, 0.717) is 0 Å². The van der Waals surface area contributed by atoms with Crippen LogP contribution in [0.15, 0.2) is 144 Å². The van der Waals surface area contributed by atoms with Crippen LogP contribution >= 0.6 is 0 Å². The molecular weight excluding hydrogens is 508 g/mol. The van der Waals surface area contributed by atoms with Crippen molar-refractivity contribution in [1.82, 2.24) is 0 Å². The van der Waals surface area contributed by atoms with Crippen molar-refractivity contribution in [2.45, 2.75) is 6.92 Å². The summed E-state index contributed by atoms with van der Waals surface area (Å²) in [7, 11) is 0. The topological polar surface area (TPSA) is 13.1 Å². The third-order valence-corrected chi connectivity index (χ3v) is 8.99. The van der Waals surface area contributed by atoms with E-state index in [4.69, 9.17) is 4.42 Å². The van der Waals surface area contributed by atoms with Gasteiger partial charge in [0.1, 0.15) is 11.2 Å². The Labute approximate surface area is 243 Å². The normalized spacial score (nSPS) is 11.9. The van der Waals surface area contributed by atoms with Crippen LogP contribution in [0.2, 0.25) is 0 Å². The first-order chi connectivity index (χ1) is 20.7. The Kier molecular flexibility index (Phi) is 4.88. The molecule has 8 aromatic carbocycles. The lowest BCUT2D eigenvalue weighted by atomic mass is 9.86. The standard InChI is InChI=1S/C41H26O/c1-25-8-2-3-11-30(25)33-21-17-27-18-22-35-31(20-16-26-19-23-36(33)40(27)39(26)35)28-9-6-10-29(24-28)32-13-7-14-37-34-12-4-5-15-38(34)42-41(32)37/h2-24H,1H3. The molecule has 1 aromatic heterocycles. The molecule has 0 saturated carbocycles. The molecule has 0 aliphatic rings. The highest BCUT2D eigenvalue weighted by molar-refractivity contribution is 6.27. The third kappa shape index (κ3) is 3.31. The largest absolute Gasteiger partial charge is 0.455 e. The highest BCUT2D eigenvalue weighted by Crippen LogP contribution is 2.43. The van der Waals surface area contributed by atoms with Gasteiger partial charge in [-0.25, -0.2) is 0 Å². The number of aryl methyl sites for hydroxylation is 1. The Morgan fingerprint density at radius 2 is 1.00 bits per heavy atom. The molecule has 0 fully saturated rings. The van der Waals surface area contributed by atoms with Crippen molar-refractivity contribution in [2.75, 3.05) is 0 Å². The van der Waals surface area contributed by atoms with Crippen molar-refractivity contribution in [3.05, 3.63) is 145 Å². The van der Waals surface area contributed by atoms with Crippen LogP contribution < -0.4 is 0 Å². The highest BCUT2D eigenvalue weighted by Gasteiger charge is 2.17. The summed E-state index contributed by atoms with van der Waals surface area (Å²) in [5, 5.41) is 10.1. The van der Waals surface area contributed by atoms with Crippen LogP contribution in [0, 0.1) is 6.92 Å². The smallest absolute Gasteiger partial charge is 0.143 e. The van der Waals surface area contributed by atoms with Gasteiger partial charge in [0, 0.05) is 16.3 Å². The molecule has 0 saturated heterocycles. The zero-order valence-electron chi connectivity index (χ0n) is 23.2. The van der Waals surface area contributed by atoms with Crippen LogP contribution in [0.4, 0.5) is 0 Å². The molecule has 0 aliphatic heterocycles. The molecule has 9 rings (SSSR count). The van der Waals surface area contributed by atoms with Gasteiger partial charge in [-0.05, 0) is 84.8 Å². The summed E-state index contributed by atoms with van der Waals surface area (Å²) in [5.74, 6) is 0. The van der Waals surface area contributed by atoms with Gasteiger partial charge in [0.05, 0.1) is 0 Å². The minimum absolute atomic E-state index is 0.924. The van der Waals surface area contributed by atoms with E-state index >= 15 is 0 Å². The Hall–Kier alpha value is -5.40. The first-order valence-electron chi connectivity index (χ1n) is 14.5. The number of rotatable bonds is 3. The molecule has 1 heteroatoms. The molecule has 0 radical (unpaired) electrons. The summed E-state index contributed by atoms with van der Waals surface area (Å²) in [5.41, 5.74) is 10.5. The van der Waals surface area contributed by atoms with Crippen molar-refractivity contribution in [2.24, 2.45) is 0 Å². The van der Waals surface area contributed by atoms with Crippen LogP contribution in [0.5, 0.6) is 0 Å². The fourth-order valence-corrected chi connectivity index (χ4v) is 6.99. The quantitative estimate of drug-likeness (QED) is 0.205. The predicted octanol–water partition coefficient (Wildman–Crippen LogP) is 11.8. The first-order valence-corrected chi connectivity index (χ1v) is 14.5. The molecule has 0 N–H and O–H groups in total. The molecular formula is C41H26O. The molecule has 42 heavy (non-hydrogen) atoms. The minimum Gasteiger partial charge on any atom is -0.455 e. The number of hydrogen-bond donors (Lipinski definition) is 0. The summed E-state index contributed by atoms with van der Waals surface area (Å²) in [4.78, 5) is 0. The monoisotopic (exact) mass is 534 g/mol. The van der Waals surface area contributed by atoms with Gasteiger partial charge in [-0.15, -0.1) is 0 Å². The van der Waals surface area contributed by atoms with E-state index in [1.165, 1.54) is 60.1 Å². The van der Waals surface area contributed by atoms with Crippen molar-refractivity contribution < 1.29 is 4.42 Å². The number of hydrogen-bond acceptors (Lipinski definition) is 1. The molecule has 0 amide bonds. The van der Waals surface area contributed by atoms with E-state index < -0.39 is 0 Å². The van der Waals surface area contributed by atoms with Gasteiger partial charge in [-0.1, -0.05) is 127 Å².